The molecule has 0 aliphatic carbocycles. The van der Waals surface area contributed by atoms with Crippen molar-refractivity contribution in [1.82, 2.24) is 19.5 Å². The van der Waals surface area contributed by atoms with Crippen molar-refractivity contribution in [3.63, 3.8) is 0 Å². The fraction of sp³-hybridized carbons (Fsp3) is 0.417. The zero-order valence-electron chi connectivity index (χ0n) is 20.6. The zero-order valence-corrected chi connectivity index (χ0v) is 21.4. The fourth-order valence-corrected chi connectivity index (χ4v) is 5.67. The molecule has 2 aromatic rings. The summed E-state index contributed by atoms with van der Waals surface area (Å²) >= 11 is 0. The number of benzene rings is 1. The van der Waals surface area contributed by atoms with E-state index < -0.39 is 10.0 Å². The van der Waals surface area contributed by atoms with E-state index in [1.807, 2.05) is 24.8 Å². The van der Waals surface area contributed by atoms with Crippen LogP contribution in [0.15, 0.2) is 46.6 Å². The topological polar surface area (TPSA) is 126 Å². The fourth-order valence-electron chi connectivity index (χ4n) is 4.14. The van der Waals surface area contributed by atoms with Gasteiger partial charge in [-0.25, -0.2) is 17.7 Å². The van der Waals surface area contributed by atoms with Crippen molar-refractivity contribution < 1.29 is 22.7 Å². The van der Waals surface area contributed by atoms with E-state index in [4.69, 9.17) is 14.5 Å². The number of rotatable bonds is 10. The SMILES string of the molecule is CCN(CC)S(=O)(=O)CCCOc1ccc2c(c1OC)N=C(NC(=O)c1cccnc1)N1CCN=C21. The number of hydrogen-bond donors (Lipinski definition) is 1. The molecule has 0 spiro atoms. The third-order valence-corrected chi connectivity index (χ3v) is 8.01. The van der Waals surface area contributed by atoms with Crippen LogP contribution < -0.4 is 14.8 Å². The van der Waals surface area contributed by atoms with Crippen LogP contribution in [0.2, 0.25) is 0 Å². The number of methoxy groups -OCH3 is 1. The molecule has 0 unspecified atom stereocenters. The molecule has 0 atom stereocenters. The van der Waals surface area contributed by atoms with E-state index in [1.54, 1.807) is 24.4 Å². The van der Waals surface area contributed by atoms with Crippen LogP contribution in [-0.2, 0) is 10.0 Å². The summed E-state index contributed by atoms with van der Waals surface area (Å²) in [5, 5.41) is 2.86. The summed E-state index contributed by atoms with van der Waals surface area (Å²) in [4.78, 5) is 27.9. The number of aromatic nitrogens is 1. The molecule has 36 heavy (non-hydrogen) atoms. The van der Waals surface area contributed by atoms with Gasteiger partial charge in [-0.05, 0) is 30.7 Å². The molecule has 1 aromatic heterocycles. The van der Waals surface area contributed by atoms with Crippen molar-refractivity contribution in [3.8, 4) is 11.5 Å². The third kappa shape index (κ3) is 5.19. The van der Waals surface area contributed by atoms with Gasteiger partial charge >= 0.3 is 0 Å². The van der Waals surface area contributed by atoms with Crippen molar-refractivity contribution in [2.75, 3.05) is 45.6 Å². The molecule has 0 saturated heterocycles. The quantitative estimate of drug-likeness (QED) is 0.481. The second kappa shape index (κ2) is 11.0. The molecule has 0 fully saturated rings. The van der Waals surface area contributed by atoms with Gasteiger partial charge in [0.2, 0.25) is 16.0 Å². The summed E-state index contributed by atoms with van der Waals surface area (Å²) in [7, 11) is -1.81. The first-order valence-electron chi connectivity index (χ1n) is 11.8. The molecule has 0 saturated carbocycles. The number of carbonyl (C=O) groups is 1. The van der Waals surface area contributed by atoms with E-state index >= 15 is 0 Å². The maximum absolute atomic E-state index is 12.8. The molecule has 0 bridgehead atoms. The highest BCUT2D eigenvalue weighted by atomic mass is 32.2. The Morgan fingerprint density at radius 1 is 1.22 bits per heavy atom. The highest BCUT2D eigenvalue weighted by Crippen LogP contribution is 2.43. The molecule has 1 aromatic carbocycles. The lowest BCUT2D eigenvalue weighted by molar-refractivity contribution is 0.0973. The molecule has 11 nitrogen and oxygen atoms in total. The van der Waals surface area contributed by atoms with E-state index in [2.05, 4.69) is 15.3 Å². The molecular weight excluding hydrogens is 484 g/mol. The summed E-state index contributed by atoms with van der Waals surface area (Å²) in [5.74, 6) is 1.52. The van der Waals surface area contributed by atoms with Crippen LogP contribution in [0.25, 0.3) is 0 Å². The number of fused-ring (bicyclic) bond motifs is 3. The number of aliphatic imine (C=N–C) groups is 2. The smallest absolute Gasteiger partial charge is 0.259 e. The van der Waals surface area contributed by atoms with Gasteiger partial charge in [0.05, 0.1) is 31.6 Å². The Kier molecular flexibility index (Phi) is 7.85. The second-order valence-corrected chi connectivity index (χ2v) is 10.2. The molecule has 3 heterocycles. The summed E-state index contributed by atoms with van der Waals surface area (Å²) < 4.78 is 37.8. The minimum absolute atomic E-state index is 0.00359. The summed E-state index contributed by atoms with van der Waals surface area (Å²) in [6, 6.07) is 6.98. The first kappa shape index (κ1) is 25.6. The Bertz CT molecular complexity index is 1280. The maximum atomic E-state index is 12.8. The Balaban J connectivity index is 1.55. The number of nitrogens with zero attached hydrogens (tertiary/aromatic N) is 5. The van der Waals surface area contributed by atoms with Crippen LogP contribution in [0.1, 0.15) is 36.2 Å². The second-order valence-electron chi connectivity index (χ2n) is 8.08. The largest absolute Gasteiger partial charge is 0.491 e. The number of sulfonamides is 1. The third-order valence-electron chi connectivity index (χ3n) is 5.91. The zero-order chi connectivity index (χ0) is 25.7. The summed E-state index contributed by atoms with van der Waals surface area (Å²) in [5.41, 5.74) is 1.66. The number of ether oxygens (including phenoxy) is 2. The maximum Gasteiger partial charge on any atom is 0.259 e. The van der Waals surface area contributed by atoms with Crippen LogP contribution in [0.3, 0.4) is 0 Å². The Hall–Kier alpha value is -3.51. The van der Waals surface area contributed by atoms with Crippen LogP contribution in [0.5, 0.6) is 11.5 Å². The minimum Gasteiger partial charge on any atom is -0.491 e. The van der Waals surface area contributed by atoms with Gasteiger partial charge in [0.15, 0.2) is 11.5 Å². The van der Waals surface area contributed by atoms with Crippen molar-refractivity contribution in [3.05, 3.63) is 47.8 Å². The molecule has 12 heteroatoms. The molecule has 192 valence electrons. The number of guanidine groups is 1. The lowest BCUT2D eigenvalue weighted by Crippen LogP contribution is -2.47. The number of amides is 1. The molecule has 4 rings (SSSR count). The van der Waals surface area contributed by atoms with Gasteiger partial charge in [-0.15, -0.1) is 0 Å². The first-order valence-corrected chi connectivity index (χ1v) is 13.4. The Morgan fingerprint density at radius 3 is 2.72 bits per heavy atom. The molecule has 1 N–H and O–H groups in total. The van der Waals surface area contributed by atoms with Gasteiger partial charge in [-0.2, -0.15) is 0 Å². The van der Waals surface area contributed by atoms with E-state index in [-0.39, 0.29) is 18.3 Å². The van der Waals surface area contributed by atoms with Crippen molar-refractivity contribution in [2.24, 2.45) is 9.98 Å². The average molecular weight is 515 g/mol. The normalized spacial score (nSPS) is 14.6. The Morgan fingerprint density at radius 2 is 2.03 bits per heavy atom. The van der Waals surface area contributed by atoms with Gasteiger partial charge < -0.3 is 9.47 Å². The lowest BCUT2D eigenvalue weighted by atomic mass is 10.1. The highest BCUT2D eigenvalue weighted by molar-refractivity contribution is 7.89. The molecular formula is C24H30N6O5S. The molecule has 2 aliphatic heterocycles. The van der Waals surface area contributed by atoms with E-state index in [0.29, 0.717) is 67.1 Å². The van der Waals surface area contributed by atoms with Crippen LogP contribution in [-0.4, -0.2) is 86.0 Å². The van der Waals surface area contributed by atoms with Crippen LogP contribution in [0, 0.1) is 0 Å². The van der Waals surface area contributed by atoms with E-state index in [1.165, 1.54) is 17.6 Å². The van der Waals surface area contributed by atoms with E-state index in [9.17, 15) is 13.2 Å². The van der Waals surface area contributed by atoms with Gasteiger partial charge in [0, 0.05) is 37.6 Å². The number of amidine groups is 1. The van der Waals surface area contributed by atoms with Crippen LogP contribution in [0.4, 0.5) is 5.69 Å². The van der Waals surface area contributed by atoms with E-state index in [0.717, 1.165) is 5.56 Å². The summed E-state index contributed by atoms with van der Waals surface area (Å²) in [6.07, 6.45) is 3.41. The predicted molar refractivity (Wildman–Crippen MR) is 137 cm³/mol. The van der Waals surface area contributed by atoms with Gasteiger partial charge in [0.1, 0.15) is 11.5 Å². The number of carbonyl (C=O) groups excluding carboxylic acids is 1. The van der Waals surface area contributed by atoms with Gasteiger partial charge in [-0.3, -0.25) is 25.0 Å². The highest BCUT2D eigenvalue weighted by Gasteiger charge is 2.33. The van der Waals surface area contributed by atoms with Crippen molar-refractivity contribution in [2.45, 2.75) is 20.3 Å². The standard InChI is InChI=1S/C24H30N6O5S/c1-4-29(5-2)36(32,33)15-7-14-35-19-10-9-18-20(21(19)34-3)27-24(30-13-12-26-22(18)30)28-23(31)17-8-6-11-25-16-17/h6,8-11,16H,4-5,7,12-15H2,1-3H3,(H,27,28,31). The van der Waals surface area contributed by atoms with Crippen LogP contribution >= 0.6 is 0 Å². The van der Waals surface area contributed by atoms with Gasteiger partial charge in [-0.1, -0.05) is 13.8 Å². The molecule has 2 aliphatic rings. The molecule has 0 radical (unpaired) electrons. The van der Waals surface area contributed by atoms with Gasteiger partial charge in [0.25, 0.3) is 5.91 Å². The summed E-state index contributed by atoms with van der Waals surface area (Å²) in [6.45, 7) is 5.87. The van der Waals surface area contributed by atoms with Crippen molar-refractivity contribution >= 4 is 33.4 Å². The van der Waals surface area contributed by atoms with Crippen molar-refractivity contribution in [1.29, 1.82) is 0 Å². The minimum atomic E-state index is -3.32. The monoisotopic (exact) mass is 514 g/mol. The average Bonchev–Trinajstić information content (AvgIpc) is 3.38. The number of hydrogen-bond acceptors (Lipinski definition) is 9. The predicted octanol–water partition coefficient (Wildman–Crippen LogP) is 2.02. The first-order chi connectivity index (χ1) is 17.4. The Labute approximate surface area is 210 Å². The number of pyridine rings is 1. The number of nitrogens with one attached hydrogen (secondary N) is 1. The lowest BCUT2D eigenvalue weighted by Gasteiger charge is -2.28. The molecule has 1 amide bonds.